The molecule has 14 heavy (non-hydrogen) atoms. The summed E-state index contributed by atoms with van der Waals surface area (Å²) in [5, 5.41) is 0. The number of imidazole rings is 1. The number of carbonyl (C=O) groups is 1. The molecule has 0 aliphatic carbocycles. The van der Waals surface area contributed by atoms with Gasteiger partial charge in [-0.15, -0.1) is 0 Å². The summed E-state index contributed by atoms with van der Waals surface area (Å²) in [6.45, 7) is 3.62. The molecule has 0 fully saturated rings. The summed E-state index contributed by atoms with van der Waals surface area (Å²) in [5.41, 5.74) is 3.03. The fraction of sp³-hybridized carbons (Fsp3) is 0.273. The lowest BCUT2D eigenvalue weighted by atomic mass is 10.1. The van der Waals surface area contributed by atoms with E-state index in [4.69, 9.17) is 0 Å². The van der Waals surface area contributed by atoms with E-state index in [1.807, 2.05) is 29.8 Å². The minimum absolute atomic E-state index is 0.167. The van der Waals surface area contributed by atoms with Crippen molar-refractivity contribution in [2.75, 3.05) is 0 Å². The third kappa shape index (κ3) is 1.53. The number of nitrogens with zero attached hydrogens (tertiary/aromatic N) is 2. The van der Waals surface area contributed by atoms with Gasteiger partial charge in [0.2, 0.25) is 0 Å². The molecule has 0 aliphatic heterocycles. The normalized spacial score (nSPS) is 10.7. The number of Topliss-reactive ketones (excluding diaryl/α,β-unsaturated/α-hetero) is 1. The van der Waals surface area contributed by atoms with Crippen LogP contribution in [0.15, 0.2) is 24.7 Å². The summed E-state index contributed by atoms with van der Waals surface area (Å²) in [6.07, 6.45) is 6.11. The van der Waals surface area contributed by atoms with Crippen LogP contribution in [0.5, 0.6) is 0 Å². The van der Waals surface area contributed by atoms with Gasteiger partial charge in [-0.2, -0.15) is 0 Å². The Labute approximate surface area is 82.4 Å². The minimum atomic E-state index is 0.167. The van der Waals surface area contributed by atoms with Crippen molar-refractivity contribution < 1.29 is 4.79 Å². The molecule has 2 rings (SSSR count). The summed E-state index contributed by atoms with van der Waals surface area (Å²) in [5.74, 6) is 0.167. The van der Waals surface area contributed by atoms with Crippen LogP contribution in [0.25, 0.3) is 5.65 Å². The SMILES string of the molecule is CC(=O)Cc1cc(C)cn2ccnc12. The second-order valence-electron chi connectivity index (χ2n) is 3.58. The highest BCUT2D eigenvalue weighted by molar-refractivity contribution is 5.80. The maximum Gasteiger partial charge on any atom is 0.140 e. The Hall–Kier alpha value is -1.64. The van der Waals surface area contributed by atoms with Crippen LogP contribution in [0.3, 0.4) is 0 Å². The van der Waals surface area contributed by atoms with Crippen LogP contribution in [-0.4, -0.2) is 15.2 Å². The Morgan fingerprint density at radius 1 is 1.57 bits per heavy atom. The number of pyridine rings is 1. The Morgan fingerprint density at radius 3 is 3.07 bits per heavy atom. The van der Waals surface area contributed by atoms with Crippen LogP contribution in [0.1, 0.15) is 18.1 Å². The quantitative estimate of drug-likeness (QED) is 0.719. The second kappa shape index (κ2) is 3.25. The molecule has 2 aromatic heterocycles. The van der Waals surface area contributed by atoms with Gasteiger partial charge >= 0.3 is 0 Å². The molecule has 0 N–H and O–H groups in total. The molecule has 2 aromatic rings. The average Bonchev–Trinajstić information content (AvgIpc) is 2.50. The maximum absolute atomic E-state index is 11.1. The van der Waals surface area contributed by atoms with Gasteiger partial charge in [-0.25, -0.2) is 4.98 Å². The smallest absolute Gasteiger partial charge is 0.140 e. The monoisotopic (exact) mass is 188 g/mol. The summed E-state index contributed by atoms with van der Waals surface area (Å²) >= 11 is 0. The number of hydrogen-bond acceptors (Lipinski definition) is 2. The summed E-state index contributed by atoms with van der Waals surface area (Å²) in [7, 11) is 0. The largest absolute Gasteiger partial charge is 0.307 e. The van der Waals surface area contributed by atoms with Gasteiger partial charge in [0.15, 0.2) is 0 Å². The van der Waals surface area contributed by atoms with Crippen molar-refractivity contribution in [2.24, 2.45) is 0 Å². The molecular formula is C11H12N2O. The standard InChI is InChI=1S/C11H12N2O/c1-8-5-10(6-9(2)14)11-12-3-4-13(11)7-8/h3-5,7H,6H2,1-2H3. The van der Waals surface area contributed by atoms with Crippen molar-refractivity contribution >= 4 is 11.4 Å². The number of rotatable bonds is 2. The predicted molar refractivity (Wildman–Crippen MR) is 54.3 cm³/mol. The van der Waals surface area contributed by atoms with Crippen LogP contribution in [0.4, 0.5) is 0 Å². The third-order valence-electron chi connectivity index (χ3n) is 2.14. The van der Waals surface area contributed by atoms with E-state index >= 15 is 0 Å². The van der Waals surface area contributed by atoms with Crippen LogP contribution in [0.2, 0.25) is 0 Å². The van der Waals surface area contributed by atoms with Crippen molar-refractivity contribution in [2.45, 2.75) is 20.3 Å². The van der Waals surface area contributed by atoms with Gasteiger partial charge in [-0.05, 0) is 19.4 Å². The highest BCUT2D eigenvalue weighted by Crippen LogP contribution is 2.12. The number of aromatic nitrogens is 2. The van der Waals surface area contributed by atoms with E-state index in [1.54, 1.807) is 13.1 Å². The molecular weight excluding hydrogens is 176 g/mol. The van der Waals surface area contributed by atoms with Gasteiger partial charge in [0.05, 0.1) is 0 Å². The van der Waals surface area contributed by atoms with E-state index in [9.17, 15) is 4.79 Å². The topological polar surface area (TPSA) is 34.4 Å². The zero-order chi connectivity index (χ0) is 10.1. The fourth-order valence-electron chi connectivity index (χ4n) is 1.66. The Balaban J connectivity index is 2.60. The molecule has 0 radical (unpaired) electrons. The number of carbonyl (C=O) groups excluding carboxylic acids is 1. The number of fused-ring (bicyclic) bond motifs is 1. The highest BCUT2D eigenvalue weighted by atomic mass is 16.1. The van der Waals surface area contributed by atoms with E-state index in [2.05, 4.69) is 4.98 Å². The van der Waals surface area contributed by atoms with Crippen LogP contribution < -0.4 is 0 Å². The Kier molecular flexibility index (Phi) is 2.08. The maximum atomic E-state index is 11.1. The van der Waals surface area contributed by atoms with Crippen molar-refractivity contribution in [3.05, 3.63) is 35.8 Å². The number of hydrogen-bond donors (Lipinski definition) is 0. The molecule has 0 saturated carbocycles. The molecule has 0 bridgehead atoms. The van der Waals surface area contributed by atoms with Crippen molar-refractivity contribution in [3.8, 4) is 0 Å². The van der Waals surface area contributed by atoms with E-state index in [0.29, 0.717) is 6.42 Å². The van der Waals surface area contributed by atoms with Gasteiger partial charge in [0.25, 0.3) is 0 Å². The van der Waals surface area contributed by atoms with Crippen LogP contribution in [-0.2, 0) is 11.2 Å². The lowest BCUT2D eigenvalue weighted by Crippen LogP contribution is -2.00. The molecule has 72 valence electrons. The minimum Gasteiger partial charge on any atom is -0.307 e. The fourth-order valence-corrected chi connectivity index (χ4v) is 1.66. The van der Waals surface area contributed by atoms with E-state index in [-0.39, 0.29) is 5.78 Å². The molecule has 0 aliphatic rings. The second-order valence-corrected chi connectivity index (χ2v) is 3.58. The molecule has 2 heterocycles. The van der Waals surface area contributed by atoms with Gasteiger partial charge in [-0.3, -0.25) is 4.79 Å². The highest BCUT2D eigenvalue weighted by Gasteiger charge is 2.05. The number of ketones is 1. The summed E-state index contributed by atoms with van der Waals surface area (Å²) in [6, 6.07) is 2.02. The van der Waals surface area contributed by atoms with Crippen molar-refractivity contribution in [1.29, 1.82) is 0 Å². The zero-order valence-corrected chi connectivity index (χ0v) is 8.32. The molecule has 0 unspecified atom stereocenters. The van der Waals surface area contributed by atoms with Crippen LogP contribution in [0, 0.1) is 6.92 Å². The molecule has 3 nitrogen and oxygen atoms in total. The first-order chi connectivity index (χ1) is 6.66. The molecule has 0 aromatic carbocycles. The van der Waals surface area contributed by atoms with E-state index in [1.165, 1.54) is 0 Å². The van der Waals surface area contributed by atoms with E-state index < -0.39 is 0 Å². The first kappa shape index (κ1) is 8.94. The van der Waals surface area contributed by atoms with Crippen molar-refractivity contribution in [1.82, 2.24) is 9.38 Å². The Bertz CT molecular complexity index is 485. The number of aryl methyl sites for hydroxylation is 1. The molecule has 0 saturated heterocycles. The lowest BCUT2D eigenvalue weighted by Gasteiger charge is -2.03. The van der Waals surface area contributed by atoms with Crippen molar-refractivity contribution in [3.63, 3.8) is 0 Å². The average molecular weight is 188 g/mol. The lowest BCUT2D eigenvalue weighted by molar-refractivity contribution is -0.116. The van der Waals surface area contributed by atoms with Gasteiger partial charge in [-0.1, -0.05) is 6.07 Å². The van der Waals surface area contributed by atoms with E-state index in [0.717, 1.165) is 16.8 Å². The van der Waals surface area contributed by atoms with Gasteiger partial charge < -0.3 is 4.40 Å². The predicted octanol–water partition coefficient (Wildman–Crippen LogP) is 1.77. The summed E-state index contributed by atoms with van der Waals surface area (Å²) < 4.78 is 1.95. The van der Waals surface area contributed by atoms with Gasteiger partial charge in [0, 0.05) is 30.6 Å². The Morgan fingerprint density at radius 2 is 2.36 bits per heavy atom. The van der Waals surface area contributed by atoms with Crippen LogP contribution >= 0.6 is 0 Å². The molecule has 0 atom stereocenters. The third-order valence-corrected chi connectivity index (χ3v) is 2.14. The summed E-state index contributed by atoms with van der Waals surface area (Å²) in [4.78, 5) is 15.3. The molecule has 0 spiro atoms. The first-order valence-electron chi connectivity index (χ1n) is 4.58. The molecule has 3 heteroatoms. The van der Waals surface area contributed by atoms with Gasteiger partial charge in [0.1, 0.15) is 11.4 Å². The zero-order valence-electron chi connectivity index (χ0n) is 8.32. The first-order valence-corrected chi connectivity index (χ1v) is 4.58. The molecule has 0 amide bonds.